The lowest BCUT2D eigenvalue weighted by atomic mass is 10.00. The first kappa shape index (κ1) is 18.6. The summed E-state index contributed by atoms with van der Waals surface area (Å²) < 4.78 is 23.2. The van der Waals surface area contributed by atoms with Crippen LogP contribution >= 0.6 is 0 Å². The molecule has 3 rings (SSSR count). The van der Waals surface area contributed by atoms with E-state index in [2.05, 4.69) is 20.2 Å². The average Bonchev–Trinajstić information content (AvgIpc) is 2.64. The highest BCUT2D eigenvalue weighted by Crippen LogP contribution is 2.26. The first-order valence-corrected chi connectivity index (χ1v) is 10.1. The Bertz CT molecular complexity index is 901. The zero-order valence-electron chi connectivity index (χ0n) is 14.6. The molecule has 0 saturated heterocycles. The first-order valence-electron chi connectivity index (χ1n) is 8.53. The van der Waals surface area contributed by atoms with Crippen molar-refractivity contribution in [3.8, 4) is 0 Å². The topological polar surface area (TPSA) is 121 Å². The Morgan fingerprint density at radius 2 is 2.08 bits per heavy atom. The standard InChI is InChI=1S/C17H23N5O3S/c1-2-14-10-16(21-17(20-14)19-6-8-23)22-7-5-12-3-4-15(26(18,24)25)9-13(12)11-22/h3-4,9-10,23H,2,5-8,11H2,1H3,(H2,18,24,25)(H,19,20,21). The number of aliphatic hydroxyl groups excluding tert-OH is 1. The molecule has 0 spiro atoms. The maximum Gasteiger partial charge on any atom is 0.238 e. The SMILES string of the molecule is CCc1cc(N2CCc3ccc(S(N)(=O)=O)cc3C2)nc(NCCO)n1. The van der Waals surface area contributed by atoms with Crippen LogP contribution in [-0.4, -0.2) is 43.2 Å². The molecule has 0 amide bonds. The Labute approximate surface area is 153 Å². The van der Waals surface area contributed by atoms with E-state index in [1.165, 1.54) is 0 Å². The van der Waals surface area contributed by atoms with Crippen LogP contribution in [0.1, 0.15) is 23.7 Å². The molecular weight excluding hydrogens is 354 g/mol. The van der Waals surface area contributed by atoms with Gasteiger partial charge in [0.25, 0.3) is 0 Å². The summed E-state index contributed by atoms with van der Waals surface area (Å²) in [6, 6.07) is 6.97. The van der Waals surface area contributed by atoms with E-state index in [0.29, 0.717) is 19.0 Å². The molecule has 8 nitrogen and oxygen atoms in total. The van der Waals surface area contributed by atoms with Crippen LogP contribution in [0.4, 0.5) is 11.8 Å². The van der Waals surface area contributed by atoms with Gasteiger partial charge in [0, 0.05) is 31.4 Å². The Balaban J connectivity index is 1.90. The highest BCUT2D eigenvalue weighted by atomic mass is 32.2. The van der Waals surface area contributed by atoms with Crippen molar-refractivity contribution in [1.82, 2.24) is 9.97 Å². The molecule has 0 aliphatic carbocycles. The molecule has 4 N–H and O–H groups in total. The molecule has 0 radical (unpaired) electrons. The van der Waals surface area contributed by atoms with E-state index in [1.807, 2.05) is 19.1 Å². The second-order valence-electron chi connectivity index (χ2n) is 6.19. The molecule has 9 heteroatoms. The summed E-state index contributed by atoms with van der Waals surface area (Å²) >= 11 is 0. The van der Waals surface area contributed by atoms with E-state index in [4.69, 9.17) is 10.2 Å². The van der Waals surface area contributed by atoms with E-state index < -0.39 is 10.0 Å². The minimum Gasteiger partial charge on any atom is -0.395 e. The van der Waals surface area contributed by atoms with Crippen LogP contribution in [0.2, 0.25) is 0 Å². The van der Waals surface area contributed by atoms with Gasteiger partial charge in [0.05, 0.1) is 11.5 Å². The Morgan fingerprint density at radius 3 is 2.77 bits per heavy atom. The highest BCUT2D eigenvalue weighted by Gasteiger charge is 2.21. The molecule has 0 fully saturated rings. The Kier molecular flexibility index (Phi) is 5.40. The summed E-state index contributed by atoms with van der Waals surface area (Å²) in [5.41, 5.74) is 2.96. The zero-order chi connectivity index (χ0) is 18.7. The van der Waals surface area contributed by atoms with Crippen molar-refractivity contribution in [2.75, 3.05) is 29.9 Å². The quantitative estimate of drug-likeness (QED) is 0.676. The van der Waals surface area contributed by atoms with Crippen LogP contribution in [0.15, 0.2) is 29.2 Å². The third kappa shape index (κ3) is 4.12. The summed E-state index contributed by atoms with van der Waals surface area (Å²) in [7, 11) is -3.72. The monoisotopic (exact) mass is 377 g/mol. The van der Waals surface area contributed by atoms with E-state index in [1.54, 1.807) is 12.1 Å². The van der Waals surface area contributed by atoms with Crippen LogP contribution in [0.5, 0.6) is 0 Å². The highest BCUT2D eigenvalue weighted by molar-refractivity contribution is 7.89. The first-order chi connectivity index (χ1) is 12.4. The lowest BCUT2D eigenvalue weighted by Gasteiger charge is -2.30. The predicted molar refractivity (Wildman–Crippen MR) is 99.6 cm³/mol. The third-order valence-electron chi connectivity index (χ3n) is 4.37. The fourth-order valence-corrected chi connectivity index (χ4v) is 3.54. The number of sulfonamides is 1. The van der Waals surface area contributed by atoms with Crippen LogP contribution in [-0.2, 0) is 29.4 Å². The molecule has 1 aromatic heterocycles. The number of nitrogens with zero attached hydrogens (tertiary/aromatic N) is 3. The van der Waals surface area contributed by atoms with Crippen molar-refractivity contribution >= 4 is 21.8 Å². The van der Waals surface area contributed by atoms with Crippen molar-refractivity contribution in [2.45, 2.75) is 31.2 Å². The number of nitrogens with one attached hydrogen (secondary N) is 1. The molecule has 140 valence electrons. The Hall–Kier alpha value is -2.23. The average molecular weight is 377 g/mol. The smallest absolute Gasteiger partial charge is 0.238 e. The van der Waals surface area contributed by atoms with Gasteiger partial charge >= 0.3 is 0 Å². The largest absolute Gasteiger partial charge is 0.395 e. The number of hydrogen-bond acceptors (Lipinski definition) is 7. The van der Waals surface area contributed by atoms with Gasteiger partial charge in [-0.25, -0.2) is 18.5 Å². The van der Waals surface area contributed by atoms with Gasteiger partial charge in [-0.1, -0.05) is 13.0 Å². The third-order valence-corrected chi connectivity index (χ3v) is 5.28. The molecule has 1 aliphatic heterocycles. The summed E-state index contributed by atoms with van der Waals surface area (Å²) in [6.07, 6.45) is 1.56. The van der Waals surface area contributed by atoms with Crippen LogP contribution in [0, 0.1) is 0 Å². The Morgan fingerprint density at radius 1 is 1.27 bits per heavy atom. The normalized spacial score (nSPS) is 14.2. The fraction of sp³-hybridized carbons (Fsp3) is 0.412. The number of aryl methyl sites for hydroxylation is 1. The van der Waals surface area contributed by atoms with Crippen LogP contribution in [0.25, 0.3) is 0 Å². The number of aliphatic hydroxyl groups is 1. The van der Waals surface area contributed by atoms with Gasteiger partial charge < -0.3 is 15.3 Å². The second-order valence-corrected chi connectivity index (χ2v) is 7.75. The summed E-state index contributed by atoms with van der Waals surface area (Å²) in [6.45, 7) is 3.74. The zero-order valence-corrected chi connectivity index (χ0v) is 15.5. The van der Waals surface area contributed by atoms with E-state index in [9.17, 15) is 8.42 Å². The summed E-state index contributed by atoms with van der Waals surface area (Å²) in [5.74, 6) is 1.27. The number of fused-ring (bicyclic) bond motifs is 1. The van der Waals surface area contributed by atoms with Gasteiger partial charge in [-0.05, 0) is 36.1 Å². The molecule has 2 aromatic rings. The van der Waals surface area contributed by atoms with E-state index >= 15 is 0 Å². The molecule has 0 atom stereocenters. The number of nitrogens with two attached hydrogens (primary N) is 1. The number of benzene rings is 1. The maximum atomic E-state index is 11.6. The van der Waals surface area contributed by atoms with Gasteiger partial charge in [-0.2, -0.15) is 4.98 Å². The van der Waals surface area contributed by atoms with Crippen molar-refractivity contribution in [3.05, 3.63) is 41.1 Å². The van der Waals surface area contributed by atoms with Gasteiger partial charge in [0.15, 0.2) is 0 Å². The second kappa shape index (κ2) is 7.56. The lowest BCUT2D eigenvalue weighted by molar-refractivity contribution is 0.311. The molecule has 0 saturated carbocycles. The van der Waals surface area contributed by atoms with E-state index in [0.717, 1.165) is 42.0 Å². The van der Waals surface area contributed by atoms with Crippen molar-refractivity contribution in [3.63, 3.8) is 0 Å². The maximum absolute atomic E-state index is 11.6. The number of anilines is 2. The number of aromatic nitrogens is 2. The molecule has 26 heavy (non-hydrogen) atoms. The lowest BCUT2D eigenvalue weighted by Crippen LogP contribution is -2.31. The van der Waals surface area contributed by atoms with Gasteiger partial charge in [0.1, 0.15) is 5.82 Å². The van der Waals surface area contributed by atoms with Gasteiger partial charge in [-0.3, -0.25) is 0 Å². The van der Waals surface area contributed by atoms with Crippen molar-refractivity contribution in [2.24, 2.45) is 5.14 Å². The predicted octanol–water partition coefficient (Wildman–Crippen LogP) is 0.653. The minimum absolute atomic E-state index is 0.00246. The van der Waals surface area contributed by atoms with Crippen LogP contribution in [0.3, 0.4) is 0 Å². The van der Waals surface area contributed by atoms with Crippen molar-refractivity contribution in [1.29, 1.82) is 0 Å². The minimum atomic E-state index is -3.72. The summed E-state index contributed by atoms with van der Waals surface area (Å²) in [4.78, 5) is 11.2. The number of primary sulfonamides is 1. The van der Waals surface area contributed by atoms with Gasteiger partial charge in [0.2, 0.25) is 16.0 Å². The molecular formula is C17H23N5O3S. The molecule has 1 aliphatic rings. The van der Waals surface area contributed by atoms with Gasteiger partial charge in [-0.15, -0.1) is 0 Å². The molecule has 1 aromatic carbocycles. The van der Waals surface area contributed by atoms with Crippen LogP contribution < -0.4 is 15.4 Å². The molecule has 2 heterocycles. The fourth-order valence-electron chi connectivity index (χ4n) is 2.98. The number of rotatable bonds is 6. The summed E-state index contributed by atoms with van der Waals surface area (Å²) in [5, 5.41) is 17.2. The van der Waals surface area contributed by atoms with Crippen molar-refractivity contribution < 1.29 is 13.5 Å². The molecule has 0 bridgehead atoms. The molecule has 0 unspecified atom stereocenters. The van der Waals surface area contributed by atoms with E-state index in [-0.39, 0.29) is 11.5 Å². The number of hydrogen-bond donors (Lipinski definition) is 3.